The number of carbonyl (C=O) groups is 4. The normalized spacial score (nSPS) is 16.3. The molecular weight excluding hydrogens is 988 g/mol. The molecule has 2 N–H and O–H groups in total. The second-order valence-corrected chi connectivity index (χ2v) is 20.2. The number of amides is 4. The second-order valence-electron chi connectivity index (χ2n) is 18.5. The van der Waals surface area contributed by atoms with Crippen LogP contribution in [0, 0.1) is 29.5 Å². The molecule has 2 atom stereocenters. The zero-order valence-electron chi connectivity index (χ0n) is 40.1. The zero-order valence-corrected chi connectivity index (χ0v) is 42.5. The van der Waals surface area contributed by atoms with Crippen molar-refractivity contribution in [3.63, 3.8) is 0 Å². The highest BCUT2D eigenvalue weighted by Gasteiger charge is 2.52. The van der Waals surface area contributed by atoms with Crippen LogP contribution in [0.25, 0.3) is 10.4 Å². The molecule has 0 spiro atoms. The first-order valence-corrected chi connectivity index (χ1v) is 24.5. The van der Waals surface area contributed by atoms with E-state index in [4.69, 9.17) is 43.3 Å². The maximum Gasteiger partial charge on any atom is 0.420 e. The lowest BCUT2D eigenvalue weighted by atomic mass is 9.85. The second kappa shape index (κ2) is 23.2. The highest BCUT2D eigenvalue weighted by molar-refractivity contribution is 7.81. The highest BCUT2D eigenvalue weighted by atomic mass is 35.5. The minimum atomic E-state index is -5.21. The van der Waals surface area contributed by atoms with E-state index >= 15 is 4.39 Å². The number of nitrogens with zero attached hydrogens (tertiary/aromatic N) is 6. The summed E-state index contributed by atoms with van der Waals surface area (Å²) in [5.74, 6) is -3.56. The van der Waals surface area contributed by atoms with Gasteiger partial charge in [0.05, 0.1) is 51.9 Å². The molecule has 0 saturated carbocycles. The van der Waals surface area contributed by atoms with Gasteiger partial charge in [-0.15, -0.1) is 11.3 Å². The van der Waals surface area contributed by atoms with Crippen molar-refractivity contribution in [1.82, 2.24) is 25.5 Å². The number of nitrogens with one attached hydrogen (secondary N) is 2. The molecule has 4 amide bonds. The summed E-state index contributed by atoms with van der Waals surface area (Å²) in [6.07, 6.45) is -1.00. The Morgan fingerprint density at radius 1 is 1.03 bits per heavy atom. The van der Waals surface area contributed by atoms with Crippen LogP contribution in [-0.2, 0) is 41.4 Å². The summed E-state index contributed by atoms with van der Waals surface area (Å²) >= 11 is 13.6. The number of anilines is 2. The number of hydrogen-bond acceptors (Lipinski definition) is 12. The number of rotatable bonds is 20. The fourth-order valence-electron chi connectivity index (χ4n) is 8.18. The van der Waals surface area contributed by atoms with Crippen molar-refractivity contribution in [2.45, 2.75) is 104 Å². The minimum absolute atomic E-state index is 0.0542. The molecule has 0 bridgehead atoms. The van der Waals surface area contributed by atoms with Gasteiger partial charge in [-0.1, -0.05) is 56.6 Å². The average molecular weight is 1040 g/mol. The number of thiazole rings is 1. The number of halogens is 5. The van der Waals surface area contributed by atoms with Crippen molar-refractivity contribution in [2.24, 2.45) is 5.41 Å². The Hall–Kier alpha value is -5.79. The number of thiocarbonyl (C=S) groups is 1. The Labute approximate surface area is 423 Å². The summed E-state index contributed by atoms with van der Waals surface area (Å²) in [7, 11) is 0. The molecule has 0 aliphatic carbocycles. The number of benzene rings is 2. The monoisotopic (exact) mass is 1040 g/mol. The van der Waals surface area contributed by atoms with Gasteiger partial charge < -0.3 is 34.6 Å². The van der Waals surface area contributed by atoms with Crippen molar-refractivity contribution in [1.29, 1.82) is 5.26 Å². The third-order valence-corrected chi connectivity index (χ3v) is 13.5. The van der Waals surface area contributed by atoms with Gasteiger partial charge in [0.2, 0.25) is 23.6 Å². The summed E-state index contributed by atoms with van der Waals surface area (Å²) in [6, 6.07) is 10.8. The van der Waals surface area contributed by atoms with Gasteiger partial charge in [0.1, 0.15) is 34.8 Å². The van der Waals surface area contributed by atoms with E-state index in [-0.39, 0.29) is 53.3 Å². The predicted molar refractivity (Wildman–Crippen MR) is 263 cm³/mol. The lowest BCUT2D eigenvalue weighted by Crippen LogP contribution is -2.58. The lowest BCUT2D eigenvalue weighted by Gasteiger charge is -2.35. The number of hydrogen-bond donors (Lipinski definition) is 2. The van der Waals surface area contributed by atoms with E-state index < -0.39 is 63.7 Å². The smallest absolute Gasteiger partial charge is 0.420 e. The molecule has 2 aliphatic rings. The van der Waals surface area contributed by atoms with Crippen LogP contribution in [-0.4, -0.2) is 101 Å². The molecule has 380 valence electrons. The van der Waals surface area contributed by atoms with Gasteiger partial charge in [-0.3, -0.25) is 24.1 Å². The van der Waals surface area contributed by atoms with Crippen molar-refractivity contribution < 1.29 is 51.0 Å². The van der Waals surface area contributed by atoms with Crippen LogP contribution in [0.15, 0.2) is 54.2 Å². The van der Waals surface area contributed by atoms with Gasteiger partial charge in [-0.05, 0) is 99.8 Å². The number of unbranched alkanes of at least 4 members (excludes halogenated alkanes) is 1. The number of alkyl halides is 3. The maximum absolute atomic E-state index is 15.4. The summed E-state index contributed by atoms with van der Waals surface area (Å²) in [5, 5.41) is 14.7. The van der Waals surface area contributed by atoms with Crippen molar-refractivity contribution in [3.8, 4) is 22.4 Å². The van der Waals surface area contributed by atoms with Gasteiger partial charge in [-0.2, -0.15) is 18.4 Å². The van der Waals surface area contributed by atoms with Crippen LogP contribution in [0.5, 0.6) is 5.88 Å². The Morgan fingerprint density at radius 2 is 1.72 bits per heavy atom. The maximum atomic E-state index is 15.4. The van der Waals surface area contributed by atoms with Crippen LogP contribution in [0.1, 0.15) is 89.1 Å². The SMILES string of the molecule is Cc1ncsc1-c1ccc(CNC(=O)[C@@H]2CCCN2C(=O)[C@@H](NC(=O)COCCCOCCCCOc2ncc(N3C(=S)N(c4ccc(C#N)c(C(F)(F)F)c4F)C(=O)C3(C)C)cc2Cl)C(C)(C)C)cc1. The molecule has 6 rings (SSSR count). The van der Waals surface area contributed by atoms with Crippen LogP contribution in [0.3, 0.4) is 0 Å². The number of likely N-dealkylation sites (tertiary alicyclic amines) is 1. The molecule has 2 fully saturated rings. The number of nitriles is 1. The molecule has 2 aromatic heterocycles. The quantitative estimate of drug-likeness (QED) is 0.0491. The molecular formula is C49H55ClF4N8O7S2. The Balaban J connectivity index is 0.878. The fourth-order valence-corrected chi connectivity index (χ4v) is 9.72. The van der Waals surface area contributed by atoms with Crippen molar-refractivity contribution >= 4 is 75.3 Å². The van der Waals surface area contributed by atoms with E-state index in [2.05, 4.69) is 20.6 Å². The van der Waals surface area contributed by atoms with Crippen LogP contribution < -0.4 is 25.2 Å². The lowest BCUT2D eigenvalue weighted by molar-refractivity contribution is -0.144. The third kappa shape index (κ3) is 12.8. The van der Waals surface area contributed by atoms with E-state index in [1.54, 1.807) is 16.2 Å². The van der Waals surface area contributed by atoms with Crippen molar-refractivity contribution in [3.05, 3.63) is 87.4 Å². The average Bonchev–Trinajstić information content (AvgIpc) is 4.02. The fraction of sp³-hybridized carbons (Fsp3) is 0.469. The number of aromatic nitrogens is 2. The molecule has 2 saturated heterocycles. The Morgan fingerprint density at radius 3 is 2.37 bits per heavy atom. The van der Waals surface area contributed by atoms with Gasteiger partial charge in [0.25, 0.3) is 5.91 Å². The predicted octanol–water partition coefficient (Wildman–Crippen LogP) is 8.53. The first kappa shape index (κ1) is 54.5. The molecule has 4 heterocycles. The number of pyridine rings is 1. The molecule has 0 unspecified atom stereocenters. The number of carbonyl (C=O) groups excluding carboxylic acids is 4. The van der Waals surface area contributed by atoms with Crippen LogP contribution >= 0.6 is 35.2 Å². The molecule has 71 heavy (non-hydrogen) atoms. The first-order valence-electron chi connectivity index (χ1n) is 22.9. The van der Waals surface area contributed by atoms with Gasteiger partial charge in [0.15, 0.2) is 10.9 Å². The largest absolute Gasteiger partial charge is 0.477 e. The highest BCUT2D eigenvalue weighted by Crippen LogP contribution is 2.43. The first-order chi connectivity index (χ1) is 33.6. The number of aryl methyl sites for hydroxylation is 1. The Kier molecular flexibility index (Phi) is 17.8. The molecule has 15 nitrogen and oxygen atoms in total. The standard InChI is InChI=1S/C49H55ClF4N8O7S2/c1-29-40(71-28-58-29)31-14-12-30(13-15-31)25-56-42(64)36-11-9-18-60(36)44(65)41(47(2,3)4)59-37(63)27-68-21-10-20-67-19-7-8-22-69-43-34(50)23-33(26-57-43)62-46(70)61(45(66)48(62,5)6)35-17-16-32(24-55)38(39(35)51)49(52,53)54/h12-17,23,26,28,36,41H,7-11,18-22,25,27H2,1-6H3,(H,56,64)(H,59,63)/t36-,41+/m0/s1. The molecule has 2 aliphatic heterocycles. The van der Waals surface area contributed by atoms with E-state index in [1.807, 2.05) is 57.5 Å². The van der Waals surface area contributed by atoms with Crippen LogP contribution in [0.4, 0.5) is 28.9 Å². The van der Waals surface area contributed by atoms with Crippen LogP contribution in [0.2, 0.25) is 5.02 Å². The summed E-state index contributed by atoms with van der Waals surface area (Å²) in [4.78, 5) is 67.0. The molecule has 4 aromatic rings. The zero-order chi connectivity index (χ0) is 51.8. The van der Waals surface area contributed by atoms with E-state index in [9.17, 15) is 32.3 Å². The number of ether oxygens (including phenoxy) is 3. The van der Waals surface area contributed by atoms with Gasteiger partial charge >= 0.3 is 6.18 Å². The van der Waals surface area contributed by atoms with E-state index in [0.29, 0.717) is 63.3 Å². The third-order valence-electron chi connectivity index (χ3n) is 11.9. The summed E-state index contributed by atoms with van der Waals surface area (Å²) in [6.45, 7) is 12.1. The molecule has 2 aromatic carbocycles. The van der Waals surface area contributed by atoms with Gasteiger partial charge in [-0.25, -0.2) is 14.4 Å². The van der Waals surface area contributed by atoms with E-state index in [0.717, 1.165) is 33.8 Å². The topological polar surface area (TPSA) is 179 Å². The van der Waals surface area contributed by atoms with Crippen molar-refractivity contribution in [2.75, 3.05) is 49.4 Å². The minimum Gasteiger partial charge on any atom is -0.477 e. The van der Waals surface area contributed by atoms with Gasteiger partial charge in [0, 0.05) is 32.9 Å². The summed E-state index contributed by atoms with van der Waals surface area (Å²) in [5.41, 5.74) is -0.676. The molecule has 22 heteroatoms. The summed E-state index contributed by atoms with van der Waals surface area (Å²) < 4.78 is 73.7. The molecule has 0 radical (unpaired) electrons. The van der Waals surface area contributed by atoms with E-state index in [1.165, 1.54) is 37.1 Å². The Bertz CT molecular complexity index is 2660.